The van der Waals surface area contributed by atoms with E-state index in [0.717, 1.165) is 18.0 Å². The first-order chi connectivity index (χ1) is 10.2. The fourth-order valence-corrected chi connectivity index (χ4v) is 3.30. The van der Waals surface area contributed by atoms with Gasteiger partial charge in [0.15, 0.2) is 10.9 Å². The average molecular weight is 345 g/mol. The number of rotatable bonds is 6. The first-order valence-electron chi connectivity index (χ1n) is 6.57. The highest BCUT2D eigenvalue weighted by Gasteiger charge is 2.28. The largest absolute Gasteiger partial charge is 0.490 e. The lowest BCUT2D eigenvalue weighted by atomic mass is 10.3. The van der Waals surface area contributed by atoms with Gasteiger partial charge in [0, 0.05) is 11.8 Å². The molecular formula is C13H14Cl2N4OS. The normalized spacial score (nSPS) is 14.4. The van der Waals surface area contributed by atoms with Crippen LogP contribution in [0.3, 0.4) is 0 Å². The second-order valence-electron chi connectivity index (χ2n) is 4.69. The van der Waals surface area contributed by atoms with Gasteiger partial charge in [-0.3, -0.25) is 4.57 Å². The van der Waals surface area contributed by atoms with Crippen LogP contribution in [-0.4, -0.2) is 27.1 Å². The second-order valence-corrected chi connectivity index (χ2v) is 6.57. The quantitative estimate of drug-likeness (QED) is 0.639. The van der Waals surface area contributed by atoms with Gasteiger partial charge in [0.2, 0.25) is 5.95 Å². The number of hydrogen-bond donors (Lipinski definition) is 1. The van der Waals surface area contributed by atoms with E-state index in [4.69, 9.17) is 33.7 Å². The Morgan fingerprint density at radius 2 is 2.00 bits per heavy atom. The van der Waals surface area contributed by atoms with Crippen LogP contribution in [0.15, 0.2) is 23.4 Å². The van der Waals surface area contributed by atoms with Crippen molar-refractivity contribution < 1.29 is 4.74 Å². The van der Waals surface area contributed by atoms with Gasteiger partial charge < -0.3 is 10.5 Å². The van der Waals surface area contributed by atoms with Gasteiger partial charge in [-0.25, -0.2) is 0 Å². The summed E-state index contributed by atoms with van der Waals surface area (Å²) in [5, 5.41) is 9.89. The molecule has 1 heterocycles. The Kier molecular flexibility index (Phi) is 4.47. The van der Waals surface area contributed by atoms with Crippen molar-refractivity contribution in [3.8, 4) is 5.75 Å². The second kappa shape index (κ2) is 6.34. The molecule has 0 spiro atoms. The minimum atomic E-state index is 0.460. The zero-order valence-corrected chi connectivity index (χ0v) is 13.5. The summed E-state index contributed by atoms with van der Waals surface area (Å²) >= 11 is 13.7. The van der Waals surface area contributed by atoms with Gasteiger partial charge >= 0.3 is 0 Å². The fraction of sp³-hybridized carbons (Fsp3) is 0.385. The lowest BCUT2D eigenvalue weighted by Gasteiger charge is -2.09. The molecule has 1 aromatic heterocycles. The molecule has 0 bridgehead atoms. The van der Waals surface area contributed by atoms with Crippen LogP contribution in [0, 0.1) is 0 Å². The molecule has 2 N–H and O–H groups in total. The van der Waals surface area contributed by atoms with Crippen LogP contribution in [-0.2, 0) is 0 Å². The van der Waals surface area contributed by atoms with E-state index in [2.05, 4.69) is 10.2 Å². The van der Waals surface area contributed by atoms with E-state index in [-0.39, 0.29) is 0 Å². The number of anilines is 1. The number of aromatic nitrogens is 3. The van der Waals surface area contributed by atoms with Crippen molar-refractivity contribution in [3.63, 3.8) is 0 Å². The molecule has 0 amide bonds. The molecule has 112 valence electrons. The first-order valence-corrected chi connectivity index (χ1v) is 8.31. The molecular weight excluding hydrogens is 331 g/mol. The SMILES string of the molecule is Nc1nnc(SCCOc2c(Cl)cccc2Cl)n1C1CC1. The van der Waals surface area contributed by atoms with Crippen molar-refractivity contribution in [2.24, 2.45) is 0 Å². The maximum absolute atomic E-state index is 6.04. The zero-order chi connectivity index (χ0) is 14.8. The number of nitrogen functional groups attached to an aromatic ring is 1. The molecule has 0 saturated heterocycles. The Balaban J connectivity index is 1.55. The zero-order valence-electron chi connectivity index (χ0n) is 11.1. The minimum absolute atomic E-state index is 0.460. The van der Waals surface area contributed by atoms with Crippen molar-refractivity contribution in [1.29, 1.82) is 0 Å². The molecule has 1 aliphatic carbocycles. The van der Waals surface area contributed by atoms with Crippen LogP contribution >= 0.6 is 35.0 Å². The molecule has 0 atom stereocenters. The predicted molar refractivity (Wildman–Crippen MR) is 85.4 cm³/mol. The summed E-state index contributed by atoms with van der Waals surface area (Å²) in [7, 11) is 0. The van der Waals surface area contributed by atoms with Gasteiger partial charge in [-0.05, 0) is 25.0 Å². The summed E-state index contributed by atoms with van der Waals surface area (Å²) in [5.41, 5.74) is 5.83. The summed E-state index contributed by atoms with van der Waals surface area (Å²) in [6.07, 6.45) is 2.28. The average Bonchev–Trinajstić information content (AvgIpc) is 3.22. The Morgan fingerprint density at radius 3 is 2.67 bits per heavy atom. The molecule has 0 aliphatic heterocycles. The maximum Gasteiger partial charge on any atom is 0.222 e. The van der Waals surface area contributed by atoms with E-state index in [1.807, 2.05) is 4.57 Å². The van der Waals surface area contributed by atoms with Crippen molar-refractivity contribution in [2.45, 2.75) is 24.0 Å². The first kappa shape index (κ1) is 14.8. The molecule has 0 radical (unpaired) electrons. The maximum atomic E-state index is 6.04. The van der Waals surface area contributed by atoms with Gasteiger partial charge in [0.1, 0.15) is 0 Å². The van der Waals surface area contributed by atoms with E-state index in [0.29, 0.717) is 40.1 Å². The van der Waals surface area contributed by atoms with Crippen molar-refractivity contribution in [3.05, 3.63) is 28.2 Å². The summed E-state index contributed by atoms with van der Waals surface area (Å²) in [6, 6.07) is 5.75. The Labute approximate surface area is 136 Å². The monoisotopic (exact) mass is 344 g/mol. The van der Waals surface area contributed by atoms with Crippen LogP contribution in [0.1, 0.15) is 18.9 Å². The highest BCUT2D eigenvalue weighted by Crippen LogP contribution is 2.39. The summed E-state index contributed by atoms with van der Waals surface area (Å²) in [4.78, 5) is 0. The number of ether oxygens (including phenoxy) is 1. The third-order valence-corrected chi connectivity index (χ3v) is 4.59. The third kappa shape index (κ3) is 3.39. The van der Waals surface area contributed by atoms with Crippen molar-refractivity contribution in [1.82, 2.24) is 14.8 Å². The number of hydrogen-bond acceptors (Lipinski definition) is 5. The number of para-hydroxylation sites is 1. The highest BCUT2D eigenvalue weighted by atomic mass is 35.5. The van der Waals surface area contributed by atoms with E-state index < -0.39 is 0 Å². The number of thioether (sulfide) groups is 1. The number of halogens is 2. The number of nitrogens with zero attached hydrogens (tertiary/aromatic N) is 3. The van der Waals surface area contributed by atoms with Crippen LogP contribution in [0.4, 0.5) is 5.95 Å². The molecule has 3 rings (SSSR count). The molecule has 1 aliphatic rings. The Bertz CT molecular complexity index is 625. The highest BCUT2D eigenvalue weighted by molar-refractivity contribution is 7.99. The summed E-state index contributed by atoms with van der Waals surface area (Å²) in [6.45, 7) is 0.478. The molecule has 1 aromatic carbocycles. The number of nitrogens with two attached hydrogens (primary N) is 1. The summed E-state index contributed by atoms with van der Waals surface area (Å²) < 4.78 is 7.63. The topological polar surface area (TPSA) is 66.0 Å². The Hall–Kier alpha value is -1.11. The molecule has 1 saturated carbocycles. The fourth-order valence-electron chi connectivity index (χ4n) is 1.96. The van der Waals surface area contributed by atoms with Crippen LogP contribution < -0.4 is 10.5 Å². The molecule has 2 aromatic rings. The van der Waals surface area contributed by atoms with Crippen LogP contribution in [0.2, 0.25) is 10.0 Å². The van der Waals surface area contributed by atoms with Gasteiger partial charge in [0.05, 0.1) is 16.7 Å². The van der Waals surface area contributed by atoms with Crippen molar-refractivity contribution >= 4 is 40.9 Å². The Morgan fingerprint density at radius 1 is 1.29 bits per heavy atom. The van der Waals surface area contributed by atoms with E-state index in [1.165, 1.54) is 0 Å². The summed E-state index contributed by atoms with van der Waals surface area (Å²) in [5.74, 6) is 1.71. The van der Waals surface area contributed by atoms with E-state index in [9.17, 15) is 0 Å². The van der Waals surface area contributed by atoms with Gasteiger partial charge in [-0.1, -0.05) is 41.0 Å². The molecule has 21 heavy (non-hydrogen) atoms. The van der Waals surface area contributed by atoms with Gasteiger partial charge in [0.25, 0.3) is 0 Å². The smallest absolute Gasteiger partial charge is 0.222 e. The van der Waals surface area contributed by atoms with Gasteiger partial charge in [-0.15, -0.1) is 10.2 Å². The molecule has 0 unspecified atom stereocenters. The van der Waals surface area contributed by atoms with Crippen molar-refractivity contribution in [2.75, 3.05) is 18.1 Å². The minimum Gasteiger partial charge on any atom is -0.490 e. The lowest BCUT2D eigenvalue weighted by Crippen LogP contribution is -2.05. The standard InChI is InChI=1S/C13H14Cl2N4OS/c14-9-2-1-3-10(15)11(9)20-6-7-21-13-18-17-12(16)19(13)8-4-5-8/h1-3,8H,4-7H2,(H2,16,17). The molecule has 5 nitrogen and oxygen atoms in total. The van der Waals surface area contributed by atoms with Crippen LogP contribution in [0.5, 0.6) is 5.75 Å². The molecule has 8 heteroatoms. The van der Waals surface area contributed by atoms with Crippen LogP contribution in [0.25, 0.3) is 0 Å². The van der Waals surface area contributed by atoms with E-state index in [1.54, 1.807) is 30.0 Å². The van der Waals surface area contributed by atoms with Gasteiger partial charge in [-0.2, -0.15) is 0 Å². The number of benzene rings is 1. The van der Waals surface area contributed by atoms with E-state index >= 15 is 0 Å². The molecule has 1 fully saturated rings. The predicted octanol–water partition coefficient (Wildman–Crippen LogP) is 3.67. The third-order valence-electron chi connectivity index (χ3n) is 3.08. The lowest BCUT2D eigenvalue weighted by molar-refractivity contribution is 0.344.